The normalized spacial score (nSPS) is 8.75. The predicted octanol–water partition coefficient (Wildman–Crippen LogP) is 1.63. The van der Waals surface area contributed by atoms with E-state index >= 15 is 0 Å². The molecule has 0 bridgehead atoms. The zero-order chi connectivity index (χ0) is 10.4. The van der Waals surface area contributed by atoms with Gasteiger partial charge in [0.2, 0.25) is 0 Å². The van der Waals surface area contributed by atoms with Gasteiger partial charge in [0.1, 0.15) is 0 Å². The lowest BCUT2D eigenvalue weighted by molar-refractivity contribution is 0.810. The lowest BCUT2D eigenvalue weighted by Crippen LogP contribution is -2.22. The maximum Gasteiger partial charge on any atom is 0.0298 e. The maximum absolute atomic E-state index is 5.01. The van der Waals surface area contributed by atoms with E-state index in [0.29, 0.717) is 6.54 Å². The summed E-state index contributed by atoms with van der Waals surface area (Å²) in [5.41, 5.74) is 3.64. The fourth-order valence-electron chi connectivity index (χ4n) is 0.314. The second-order valence-corrected chi connectivity index (χ2v) is 1.55. The quantitative estimate of drug-likeness (QED) is 0.451. The van der Waals surface area contributed by atoms with Crippen molar-refractivity contribution in [3.8, 4) is 0 Å². The van der Waals surface area contributed by atoms with Crippen LogP contribution in [-0.2, 0) is 0 Å². The lowest BCUT2D eigenvalue weighted by atomic mass is 10.4. The van der Waals surface area contributed by atoms with Crippen LogP contribution in [0.1, 0.15) is 34.6 Å². The molecule has 0 atom stereocenters. The first kappa shape index (κ1) is 17.5. The van der Waals surface area contributed by atoms with Crippen LogP contribution < -0.4 is 16.6 Å². The van der Waals surface area contributed by atoms with Crippen molar-refractivity contribution in [2.75, 3.05) is 13.6 Å². The highest BCUT2D eigenvalue weighted by Crippen LogP contribution is 1.79. The first-order valence-electron chi connectivity index (χ1n) is 4.59. The van der Waals surface area contributed by atoms with Crippen molar-refractivity contribution >= 4 is 0 Å². The van der Waals surface area contributed by atoms with Crippen LogP contribution in [0.4, 0.5) is 0 Å². The van der Waals surface area contributed by atoms with Crippen LogP contribution in [0.15, 0.2) is 11.8 Å². The molecule has 0 unspecified atom stereocenters. The van der Waals surface area contributed by atoms with Crippen molar-refractivity contribution in [1.29, 1.82) is 0 Å². The highest BCUT2D eigenvalue weighted by atomic mass is 15.2. The van der Waals surface area contributed by atoms with Gasteiger partial charge in [0.15, 0.2) is 0 Å². The topological polar surface area (TPSA) is 50.1 Å². The van der Waals surface area contributed by atoms with Gasteiger partial charge in [0.05, 0.1) is 0 Å². The number of hydrazine groups is 1. The van der Waals surface area contributed by atoms with E-state index in [9.17, 15) is 0 Å². The Kier molecular flexibility index (Phi) is 32.7. The third-order valence-corrected chi connectivity index (χ3v) is 0.920. The molecule has 0 aromatic rings. The minimum absolute atomic E-state index is 0.715. The van der Waals surface area contributed by atoms with Crippen LogP contribution in [0.5, 0.6) is 0 Å². The van der Waals surface area contributed by atoms with E-state index in [1.807, 2.05) is 47.7 Å². The van der Waals surface area contributed by atoms with Gasteiger partial charge in [0, 0.05) is 19.3 Å². The monoisotopic (exact) mass is 175 g/mol. The molecule has 0 saturated heterocycles. The summed E-state index contributed by atoms with van der Waals surface area (Å²) in [5.74, 6) is 5.01. The van der Waals surface area contributed by atoms with Gasteiger partial charge in [-0.2, -0.15) is 0 Å². The van der Waals surface area contributed by atoms with Crippen LogP contribution >= 0.6 is 0 Å². The van der Waals surface area contributed by atoms with Crippen LogP contribution in [-0.4, -0.2) is 13.6 Å². The van der Waals surface area contributed by atoms with Gasteiger partial charge in [-0.15, -0.1) is 0 Å². The molecule has 0 fully saturated rings. The minimum atomic E-state index is 0.715. The van der Waals surface area contributed by atoms with E-state index in [4.69, 9.17) is 5.84 Å². The summed E-state index contributed by atoms with van der Waals surface area (Å²) >= 11 is 0. The van der Waals surface area contributed by atoms with Crippen molar-refractivity contribution in [2.24, 2.45) is 5.84 Å². The first-order valence-corrected chi connectivity index (χ1v) is 4.59. The molecular formula is C9H25N3. The zero-order valence-electron chi connectivity index (χ0n) is 9.36. The number of hydrogen-bond donors (Lipinski definition) is 3. The second kappa shape index (κ2) is 22.4. The standard InChI is InChI=1S/C5H13N3.2C2H6/c1-5(7-2)3-4-8-6;2*1-2/h3,7-8H,4,6H2,1-2H3;2*1-2H3/b5-3-;;. The Morgan fingerprint density at radius 1 is 1.25 bits per heavy atom. The first-order chi connectivity index (χ1) is 5.81. The Bertz CT molecular complexity index is 79.8. The number of hydrogen-bond acceptors (Lipinski definition) is 3. The van der Waals surface area contributed by atoms with E-state index in [1.54, 1.807) is 0 Å². The van der Waals surface area contributed by atoms with Gasteiger partial charge in [-0.1, -0.05) is 33.8 Å². The summed E-state index contributed by atoms with van der Waals surface area (Å²) in [4.78, 5) is 0. The second-order valence-electron chi connectivity index (χ2n) is 1.55. The largest absolute Gasteiger partial charge is 0.392 e. The molecule has 0 amide bonds. The fourth-order valence-corrected chi connectivity index (χ4v) is 0.314. The Morgan fingerprint density at radius 2 is 1.67 bits per heavy atom. The lowest BCUT2D eigenvalue weighted by Gasteiger charge is -1.96. The SMILES string of the molecule is CC.CC.CN/C(C)=C\CNN. The summed E-state index contributed by atoms with van der Waals surface area (Å²) in [6, 6.07) is 0. The van der Waals surface area contributed by atoms with Crippen LogP contribution in [0.25, 0.3) is 0 Å². The van der Waals surface area contributed by atoms with Crippen LogP contribution in [0, 0.1) is 0 Å². The third-order valence-electron chi connectivity index (χ3n) is 0.920. The smallest absolute Gasteiger partial charge is 0.0298 e. The van der Waals surface area contributed by atoms with Gasteiger partial charge in [-0.3, -0.25) is 11.3 Å². The Morgan fingerprint density at radius 3 is 1.92 bits per heavy atom. The minimum Gasteiger partial charge on any atom is -0.392 e. The van der Waals surface area contributed by atoms with Crippen LogP contribution in [0.3, 0.4) is 0 Å². The molecule has 0 aromatic carbocycles. The highest BCUT2D eigenvalue weighted by Gasteiger charge is 1.77. The molecular weight excluding hydrogens is 150 g/mol. The number of nitrogens with two attached hydrogens (primary N) is 1. The molecule has 0 aliphatic carbocycles. The summed E-state index contributed by atoms with van der Waals surface area (Å²) in [5, 5.41) is 2.97. The maximum atomic E-state index is 5.01. The average Bonchev–Trinajstić information content (AvgIpc) is 2.20. The summed E-state index contributed by atoms with van der Waals surface area (Å²) < 4.78 is 0. The van der Waals surface area contributed by atoms with E-state index in [0.717, 1.165) is 5.70 Å². The third kappa shape index (κ3) is 22.7. The number of rotatable bonds is 3. The molecule has 0 radical (unpaired) electrons. The molecule has 0 saturated carbocycles. The number of nitrogens with one attached hydrogen (secondary N) is 2. The molecule has 76 valence electrons. The molecule has 4 N–H and O–H groups in total. The molecule has 0 aliphatic heterocycles. The molecule has 3 heteroatoms. The molecule has 0 heterocycles. The highest BCUT2D eigenvalue weighted by molar-refractivity contribution is 4.94. The Hall–Kier alpha value is -0.540. The number of allylic oxidation sites excluding steroid dienone is 1. The predicted molar refractivity (Wildman–Crippen MR) is 57.7 cm³/mol. The van der Waals surface area contributed by atoms with E-state index in [2.05, 4.69) is 10.7 Å². The van der Waals surface area contributed by atoms with Gasteiger partial charge in [0.25, 0.3) is 0 Å². The average molecular weight is 175 g/mol. The van der Waals surface area contributed by atoms with Gasteiger partial charge < -0.3 is 5.32 Å². The molecule has 0 rings (SSSR count). The summed E-state index contributed by atoms with van der Waals surface area (Å²) in [6.07, 6.45) is 1.97. The summed E-state index contributed by atoms with van der Waals surface area (Å²) in [6.45, 7) is 10.7. The molecule has 0 spiro atoms. The molecule has 0 aliphatic rings. The van der Waals surface area contributed by atoms with Gasteiger partial charge in [-0.05, 0) is 6.92 Å². The van der Waals surface area contributed by atoms with Crippen molar-refractivity contribution in [3.63, 3.8) is 0 Å². The molecule has 3 nitrogen and oxygen atoms in total. The Balaban J connectivity index is -0.000000175. The van der Waals surface area contributed by atoms with Crippen LogP contribution in [0.2, 0.25) is 0 Å². The molecule has 12 heavy (non-hydrogen) atoms. The van der Waals surface area contributed by atoms with E-state index < -0.39 is 0 Å². The Labute approximate surface area is 77.4 Å². The fraction of sp³-hybridized carbons (Fsp3) is 0.778. The van der Waals surface area contributed by atoms with E-state index in [1.165, 1.54) is 0 Å². The summed E-state index contributed by atoms with van der Waals surface area (Å²) in [7, 11) is 1.88. The van der Waals surface area contributed by atoms with Gasteiger partial charge >= 0.3 is 0 Å². The van der Waals surface area contributed by atoms with Crippen molar-refractivity contribution < 1.29 is 0 Å². The van der Waals surface area contributed by atoms with Crippen molar-refractivity contribution in [2.45, 2.75) is 34.6 Å². The van der Waals surface area contributed by atoms with Crippen molar-refractivity contribution in [1.82, 2.24) is 10.7 Å². The van der Waals surface area contributed by atoms with E-state index in [-0.39, 0.29) is 0 Å². The molecule has 0 aromatic heterocycles. The van der Waals surface area contributed by atoms with Crippen molar-refractivity contribution in [3.05, 3.63) is 11.8 Å². The zero-order valence-corrected chi connectivity index (χ0v) is 9.36. The van der Waals surface area contributed by atoms with Gasteiger partial charge in [-0.25, -0.2) is 0 Å².